The minimum absolute atomic E-state index is 0.0290. The number of aromatic amines is 1. The quantitative estimate of drug-likeness (QED) is 0.239. The Morgan fingerprint density at radius 1 is 1.07 bits per heavy atom. The average molecular weight is 566 g/mol. The van der Waals surface area contributed by atoms with Crippen LogP contribution in [0.25, 0.3) is 22.0 Å². The molecule has 0 saturated heterocycles. The monoisotopic (exact) mass is 565 g/mol. The summed E-state index contributed by atoms with van der Waals surface area (Å²) in [5.74, 6) is -1.30. The Kier molecular flexibility index (Phi) is 8.71. The van der Waals surface area contributed by atoms with E-state index in [2.05, 4.69) is 10.3 Å². The molecule has 40 heavy (non-hydrogen) atoms. The molecule has 11 heteroatoms. The first-order valence-electron chi connectivity index (χ1n) is 12.4. The fourth-order valence-electron chi connectivity index (χ4n) is 4.54. The highest BCUT2D eigenvalue weighted by Crippen LogP contribution is 2.34. The molecule has 10 nitrogen and oxygen atoms in total. The lowest BCUT2D eigenvalue weighted by molar-refractivity contribution is -0.120. The fourth-order valence-corrected chi connectivity index (χ4v) is 4.72. The van der Waals surface area contributed by atoms with Gasteiger partial charge in [-0.15, -0.1) is 0 Å². The molecule has 2 aromatic carbocycles. The topological polar surface area (TPSA) is 140 Å². The number of Topliss-reactive ketones (excluding diaryl/α,β-unsaturated/α-hetero) is 1. The van der Waals surface area contributed by atoms with Crippen LogP contribution in [0.4, 0.5) is 5.69 Å². The third-order valence-electron chi connectivity index (χ3n) is 6.42. The molecule has 0 fully saturated rings. The highest BCUT2D eigenvalue weighted by molar-refractivity contribution is 6.31. The molecule has 1 unspecified atom stereocenters. The molecule has 0 bridgehead atoms. The van der Waals surface area contributed by atoms with E-state index in [0.29, 0.717) is 44.1 Å². The molecule has 2 heterocycles. The van der Waals surface area contributed by atoms with Crippen molar-refractivity contribution >= 4 is 45.9 Å². The summed E-state index contributed by atoms with van der Waals surface area (Å²) in [6, 6.07) is 11.9. The number of fused-ring (bicyclic) bond motifs is 1. The maximum atomic E-state index is 13.5. The Bertz CT molecular complexity index is 1660. The van der Waals surface area contributed by atoms with E-state index in [1.54, 1.807) is 36.4 Å². The van der Waals surface area contributed by atoms with Crippen molar-refractivity contribution in [1.82, 2.24) is 9.55 Å². The first kappa shape index (κ1) is 28.6. The summed E-state index contributed by atoms with van der Waals surface area (Å²) in [4.78, 5) is 52.8. The normalized spacial score (nSPS) is 11.8. The van der Waals surface area contributed by atoms with Gasteiger partial charge in [-0.2, -0.15) is 0 Å². The van der Waals surface area contributed by atoms with E-state index in [4.69, 9.17) is 21.1 Å². The highest BCUT2D eigenvalue weighted by Gasteiger charge is 2.24. The molecule has 1 atom stereocenters. The van der Waals surface area contributed by atoms with Gasteiger partial charge in [0.2, 0.25) is 5.91 Å². The number of H-pyrrole nitrogens is 1. The van der Waals surface area contributed by atoms with Crippen molar-refractivity contribution in [2.24, 2.45) is 0 Å². The van der Waals surface area contributed by atoms with E-state index in [-0.39, 0.29) is 30.9 Å². The van der Waals surface area contributed by atoms with Crippen LogP contribution in [-0.2, 0) is 20.7 Å². The van der Waals surface area contributed by atoms with Gasteiger partial charge in [-0.25, -0.2) is 4.79 Å². The van der Waals surface area contributed by atoms with E-state index >= 15 is 0 Å². The summed E-state index contributed by atoms with van der Waals surface area (Å²) in [7, 11) is 2.95. The highest BCUT2D eigenvalue weighted by atomic mass is 35.5. The van der Waals surface area contributed by atoms with Crippen molar-refractivity contribution in [3.8, 4) is 16.9 Å². The van der Waals surface area contributed by atoms with Crippen molar-refractivity contribution in [1.29, 1.82) is 0 Å². The van der Waals surface area contributed by atoms with Crippen molar-refractivity contribution in [3.63, 3.8) is 0 Å². The number of methoxy groups -OCH3 is 2. The number of anilines is 1. The Morgan fingerprint density at radius 3 is 2.52 bits per heavy atom. The van der Waals surface area contributed by atoms with Crippen molar-refractivity contribution < 1.29 is 29.0 Å². The second-order valence-electron chi connectivity index (χ2n) is 9.26. The van der Waals surface area contributed by atoms with E-state index in [1.165, 1.54) is 44.0 Å². The second kappa shape index (κ2) is 12.2. The fraction of sp³-hybridized carbons (Fsp3) is 0.241. The molecule has 208 valence electrons. The second-order valence-corrected chi connectivity index (χ2v) is 9.69. The van der Waals surface area contributed by atoms with Gasteiger partial charge >= 0.3 is 5.97 Å². The van der Waals surface area contributed by atoms with Gasteiger partial charge in [-0.3, -0.25) is 19.0 Å². The molecule has 3 N–H and O–H groups in total. The molecule has 4 rings (SSSR count). The predicted octanol–water partition coefficient (Wildman–Crippen LogP) is 4.70. The van der Waals surface area contributed by atoms with Crippen LogP contribution in [0.3, 0.4) is 0 Å². The van der Waals surface area contributed by atoms with Gasteiger partial charge < -0.3 is 24.9 Å². The third kappa shape index (κ3) is 6.24. The molecular weight excluding hydrogens is 538 g/mol. The van der Waals surface area contributed by atoms with Crippen molar-refractivity contribution in [3.05, 3.63) is 81.4 Å². The molecule has 0 saturated carbocycles. The van der Waals surface area contributed by atoms with E-state index in [1.807, 2.05) is 0 Å². The number of nitrogens with zero attached hydrogens (tertiary/aromatic N) is 1. The minimum Gasteiger partial charge on any atom is -0.495 e. The number of nitrogens with one attached hydrogen (secondary N) is 2. The van der Waals surface area contributed by atoms with Gasteiger partial charge in [-0.05, 0) is 54.4 Å². The standard InChI is InChI=1S/C29H28ClN3O7/c1-16(34)10-17-4-5-19(30)13-21(17)22-14-27(35)33(15-26(22)40-3)25(8-9-39-2)28(36)31-20-6-7-23-18(11-20)12-24(32-23)29(37)38/h4-7,11-15,25,32H,8-10H2,1-3H3,(H,31,36)(H,37,38). The number of hydrogen-bond acceptors (Lipinski definition) is 6. The number of aromatic carboxylic acids is 1. The minimum atomic E-state index is -1.09. The van der Waals surface area contributed by atoms with E-state index in [0.717, 1.165) is 0 Å². The lowest BCUT2D eigenvalue weighted by atomic mass is 9.96. The molecule has 0 spiro atoms. The molecule has 0 aliphatic carbocycles. The summed E-state index contributed by atoms with van der Waals surface area (Å²) in [6.07, 6.45) is 1.80. The van der Waals surface area contributed by atoms with Crippen LogP contribution in [0.5, 0.6) is 5.75 Å². The van der Waals surface area contributed by atoms with Gasteiger partial charge in [-0.1, -0.05) is 17.7 Å². The number of benzene rings is 2. The molecule has 0 aliphatic rings. The predicted molar refractivity (Wildman–Crippen MR) is 152 cm³/mol. The Labute approximate surface area is 234 Å². The number of ether oxygens (including phenoxy) is 2. The van der Waals surface area contributed by atoms with Crippen molar-refractivity contribution in [2.75, 3.05) is 26.1 Å². The van der Waals surface area contributed by atoms with Crippen LogP contribution in [-0.4, -0.2) is 53.1 Å². The molecule has 1 amide bonds. The zero-order valence-electron chi connectivity index (χ0n) is 22.1. The molecule has 0 aliphatic heterocycles. The number of carbonyl (C=O) groups is 3. The molecule has 4 aromatic rings. The largest absolute Gasteiger partial charge is 0.495 e. The average Bonchev–Trinajstić information content (AvgIpc) is 3.34. The first-order chi connectivity index (χ1) is 19.1. The number of amides is 1. The van der Waals surface area contributed by atoms with Gasteiger partial charge in [0.05, 0.1) is 13.3 Å². The number of ketones is 1. The number of hydrogen-bond donors (Lipinski definition) is 3. The summed E-state index contributed by atoms with van der Waals surface area (Å²) < 4.78 is 12.1. The number of halogens is 1. The Hall–Kier alpha value is -4.41. The third-order valence-corrected chi connectivity index (χ3v) is 6.65. The zero-order chi connectivity index (χ0) is 29.0. The molecule has 2 aromatic heterocycles. The van der Waals surface area contributed by atoms with Gasteiger partial charge in [0.1, 0.15) is 23.3 Å². The van der Waals surface area contributed by atoms with Gasteiger partial charge in [0, 0.05) is 59.8 Å². The summed E-state index contributed by atoms with van der Waals surface area (Å²) in [5.41, 5.74) is 2.32. The number of carboxylic acids is 1. The van der Waals surface area contributed by atoms with E-state index in [9.17, 15) is 24.3 Å². The van der Waals surface area contributed by atoms with Crippen LogP contribution < -0.4 is 15.6 Å². The van der Waals surface area contributed by atoms with Gasteiger partial charge in [0.25, 0.3) is 5.56 Å². The smallest absolute Gasteiger partial charge is 0.352 e. The summed E-state index contributed by atoms with van der Waals surface area (Å²) in [6.45, 7) is 1.68. The van der Waals surface area contributed by atoms with Gasteiger partial charge in [0.15, 0.2) is 0 Å². The molecule has 0 radical (unpaired) electrons. The Balaban J connectivity index is 1.72. The van der Waals surface area contributed by atoms with Crippen molar-refractivity contribution in [2.45, 2.75) is 25.8 Å². The van der Waals surface area contributed by atoms with Crippen LogP contribution in [0.15, 0.2) is 59.5 Å². The number of aromatic nitrogens is 2. The zero-order valence-corrected chi connectivity index (χ0v) is 22.9. The van der Waals surface area contributed by atoms with E-state index < -0.39 is 23.5 Å². The van der Waals surface area contributed by atoms with Crippen LogP contribution in [0.1, 0.15) is 35.4 Å². The lowest BCUT2D eigenvalue weighted by Gasteiger charge is -2.21. The first-order valence-corrected chi connectivity index (χ1v) is 12.7. The Morgan fingerprint density at radius 2 is 1.85 bits per heavy atom. The maximum Gasteiger partial charge on any atom is 0.352 e. The summed E-state index contributed by atoms with van der Waals surface area (Å²) in [5, 5.41) is 13.1. The number of rotatable bonds is 11. The molecular formula is C29H28ClN3O7. The number of carbonyl (C=O) groups excluding carboxylic acids is 2. The maximum absolute atomic E-state index is 13.5. The SMILES string of the molecule is COCCC(C(=O)Nc1ccc2[nH]c(C(=O)O)cc2c1)n1cc(OC)c(-c2cc(Cl)ccc2CC(C)=O)cc1=O. The van der Waals surface area contributed by atoms with Crippen LogP contribution in [0.2, 0.25) is 5.02 Å². The van der Waals surface area contributed by atoms with Crippen LogP contribution in [0, 0.1) is 0 Å². The number of pyridine rings is 1. The lowest BCUT2D eigenvalue weighted by Crippen LogP contribution is -2.34. The summed E-state index contributed by atoms with van der Waals surface area (Å²) >= 11 is 6.24. The van der Waals surface area contributed by atoms with Crippen LogP contribution >= 0.6 is 11.6 Å². The number of carboxylic acid groups (broad SMARTS) is 1.